The van der Waals surface area contributed by atoms with Crippen LogP contribution >= 0.6 is 35.1 Å². The SMILES string of the molecule is O=S(c1ccc(Cl)cc1)N(CCCCSN(CCCn1ccnc1)CC1CC1)c1cc(Cl)ccc1CO. The smallest absolute Gasteiger partial charge is 0.152 e. The van der Waals surface area contributed by atoms with E-state index >= 15 is 0 Å². The highest BCUT2D eigenvalue weighted by atomic mass is 35.5. The maximum Gasteiger partial charge on any atom is 0.152 e. The molecule has 3 aromatic rings. The lowest BCUT2D eigenvalue weighted by Crippen LogP contribution is -2.28. The number of aliphatic hydroxyl groups excluding tert-OH is 1. The van der Waals surface area contributed by atoms with Crippen LogP contribution < -0.4 is 4.31 Å². The van der Waals surface area contributed by atoms with E-state index < -0.39 is 11.0 Å². The van der Waals surface area contributed by atoms with Crippen LogP contribution in [0.4, 0.5) is 5.69 Å². The Morgan fingerprint density at radius 1 is 1.05 bits per heavy atom. The van der Waals surface area contributed by atoms with Gasteiger partial charge in [0.25, 0.3) is 0 Å². The standard InChI is InChI=1S/C27H34Cl2N4O2S2/c28-24-8-10-26(11-9-24)37(35)33(27-18-25(29)7-6-23(27)20-34)15-1-2-17-36-32(19-22-4-5-22)14-3-13-31-16-12-30-21-31/h6-12,16,18,21-22,34H,1-5,13-15,17,19-20H2. The van der Waals surface area contributed by atoms with E-state index in [9.17, 15) is 9.32 Å². The van der Waals surface area contributed by atoms with Gasteiger partial charge in [0.1, 0.15) is 0 Å². The normalized spacial score (nSPS) is 14.3. The quantitative estimate of drug-likeness (QED) is 0.156. The zero-order valence-corrected chi connectivity index (χ0v) is 24.0. The number of nitrogens with zero attached hydrogens (tertiary/aromatic N) is 4. The van der Waals surface area contributed by atoms with Crippen molar-refractivity contribution in [2.45, 2.75) is 50.2 Å². The maximum absolute atomic E-state index is 13.6. The zero-order valence-electron chi connectivity index (χ0n) is 20.8. The summed E-state index contributed by atoms with van der Waals surface area (Å²) in [5, 5.41) is 11.1. The number of aliphatic hydroxyl groups is 1. The minimum Gasteiger partial charge on any atom is -0.392 e. The van der Waals surface area contributed by atoms with Gasteiger partial charge in [0.05, 0.1) is 23.5 Å². The van der Waals surface area contributed by atoms with E-state index in [0.717, 1.165) is 50.6 Å². The third-order valence-electron chi connectivity index (χ3n) is 6.27. The van der Waals surface area contributed by atoms with E-state index in [1.54, 1.807) is 42.5 Å². The van der Waals surface area contributed by atoms with Gasteiger partial charge in [0, 0.05) is 59.9 Å². The largest absolute Gasteiger partial charge is 0.392 e. The van der Waals surface area contributed by atoms with Gasteiger partial charge in [-0.3, -0.25) is 8.61 Å². The van der Waals surface area contributed by atoms with Gasteiger partial charge in [0.2, 0.25) is 0 Å². The molecule has 1 aliphatic carbocycles. The summed E-state index contributed by atoms with van der Waals surface area (Å²) in [7, 11) is -1.45. The van der Waals surface area contributed by atoms with Crippen LogP contribution in [0.25, 0.3) is 0 Å². The highest BCUT2D eigenvalue weighted by Crippen LogP contribution is 2.32. The van der Waals surface area contributed by atoms with Crippen LogP contribution in [-0.4, -0.2) is 48.6 Å². The molecule has 0 aliphatic heterocycles. The van der Waals surface area contributed by atoms with Crippen LogP contribution in [0.1, 0.15) is 37.7 Å². The van der Waals surface area contributed by atoms with Crippen molar-refractivity contribution in [1.82, 2.24) is 13.9 Å². The number of aromatic nitrogens is 2. The number of hydrogen-bond acceptors (Lipinski definition) is 5. The van der Waals surface area contributed by atoms with E-state index in [2.05, 4.69) is 13.9 Å². The van der Waals surface area contributed by atoms with Gasteiger partial charge in [-0.25, -0.2) is 9.19 Å². The first kappa shape index (κ1) is 28.5. The fourth-order valence-electron chi connectivity index (χ4n) is 4.07. The molecular formula is C27H34Cl2N4O2S2. The summed E-state index contributed by atoms with van der Waals surface area (Å²) in [5.74, 6) is 1.86. The zero-order chi connectivity index (χ0) is 26.0. The molecular weight excluding hydrogens is 547 g/mol. The molecule has 4 rings (SSSR count). The molecule has 1 aromatic heterocycles. The van der Waals surface area contributed by atoms with Gasteiger partial charge in [0.15, 0.2) is 11.0 Å². The summed E-state index contributed by atoms with van der Waals surface area (Å²) >= 11 is 14.3. The Hall–Kier alpha value is -1.55. The van der Waals surface area contributed by atoms with E-state index in [-0.39, 0.29) is 6.61 Å². The summed E-state index contributed by atoms with van der Waals surface area (Å²) < 4.78 is 20.1. The molecule has 0 spiro atoms. The number of rotatable bonds is 16. The molecule has 1 N–H and O–H groups in total. The second-order valence-electron chi connectivity index (χ2n) is 9.26. The Balaban J connectivity index is 1.33. The molecule has 1 unspecified atom stereocenters. The first-order valence-corrected chi connectivity index (χ1v) is 15.5. The molecule has 0 bridgehead atoms. The second kappa shape index (κ2) is 14.6. The monoisotopic (exact) mass is 580 g/mol. The number of hydrogen-bond donors (Lipinski definition) is 1. The van der Waals surface area contributed by atoms with Crippen LogP contribution in [0, 0.1) is 5.92 Å². The number of unbranched alkanes of at least 4 members (excludes halogenated alkanes) is 1. The van der Waals surface area contributed by atoms with Crippen LogP contribution in [0.15, 0.2) is 66.1 Å². The molecule has 2 aromatic carbocycles. The predicted molar refractivity (Wildman–Crippen MR) is 155 cm³/mol. The summed E-state index contributed by atoms with van der Waals surface area (Å²) in [5.41, 5.74) is 1.40. The molecule has 200 valence electrons. The average molecular weight is 582 g/mol. The molecule has 1 saturated carbocycles. The van der Waals surface area contributed by atoms with Crippen molar-refractivity contribution in [3.63, 3.8) is 0 Å². The molecule has 0 radical (unpaired) electrons. The van der Waals surface area contributed by atoms with Crippen molar-refractivity contribution >= 4 is 51.8 Å². The van der Waals surface area contributed by atoms with E-state index in [1.165, 1.54) is 12.8 Å². The first-order valence-electron chi connectivity index (χ1n) is 12.7. The molecule has 37 heavy (non-hydrogen) atoms. The van der Waals surface area contributed by atoms with E-state index in [1.807, 2.05) is 35.0 Å². The van der Waals surface area contributed by atoms with Gasteiger partial charge in [-0.15, -0.1) is 0 Å². The molecule has 10 heteroatoms. The highest BCUT2D eigenvalue weighted by molar-refractivity contribution is 7.97. The summed E-state index contributed by atoms with van der Waals surface area (Å²) in [6.45, 7) is 3.65. The number of anilines is 1. The number of halogens is 2. The first-order chi connectivity index (χ1) is 18.0. The van der Waals surface area contributed by atoms with Crippen molar-refractivity contribution in [1.29, 1.82) is 0 Å². The highest BCUT2D eigenvalue weighted by Gasteiger charge is 2.24. The molecule has 0 amide bonds. The number of aryl methyl sites for hydroxylation is 1. The Labute approximate surface area is 236 Å². The van der Waals surface area contributed by atoms with Crippen molar-refractivity contribution < 1.29 is 9.32 Å². The van der Waals surface area contributed by atoms with Crippen molar-refractivity contribution in [3.8, 4) is 0 Å². The van der Waals surface area contributed by atoms with Gasteiger partial charge in [-0.1, -0.05) is 41.2 Å². The third kappa shape index (κ3) is 9.01. The van der Waals surface area contributed by atoms with Crippen molar-refractivity contribution in [3.05, 3.63) is 76.8 Å². The van der Waals surface area contributed by atoms with Crippen LogP contribution in [0.5, 0.6) is 0 Å². The topological polar surface area (TPSA) is 61.6 Å². The Bertz CT molecular complexity index is 1130. The van der Waals surface area contributed by atoms with E-state index in [0.29, 0.717) is 32.7 Å². The minimum absolute atomic E-state index is 0.147. The van der Waals surface area contributed by atoms with Crippen LogP contribution in [0.2, 0.25) is 10.0 Å². The fourth-order valence-corrected chi connectivity index (χ4v) is 6.80. The van der Waals surface area contributed by atoms with Crippen LogP contribution in [0.3, 0.4) is 0 Å². The number of imidazole rings is 1. The summed E-state index contributed by atoms with van der Waals surface area (Å²) in [4.78, 5) is 4.79. The van der Waals surface area contributed by atoms with Crippen LogP contribution in [-0.2, 0) is 24.1 Å². The van der Waals surface area contributed by atoms with Gasteiger partial charge in [-0.05, 0) is 74.4 Å². The Morgan fingerprint density at radius 2 is 1.84 bits per heavy atom. The average Bonchev–Trinajstić information content (AvgIpc) is 3.56. The number of benzene rings is 2. The molecule has 1 heterocycles. The molecule has 0 saturated heterocycles. The van der Waals surface area contributed by atoms with Gasteiger partial charge in [-0.2, -0.15) is 0 Å². The van der Waals surface area contributed by atoms with Crippen molar-refractivity contribution in [2.75, 3.05) is 29.7 Å². The molecule has 6 nitrogen and oxygen atoms in total. The minimum atomic E-state index is -1.45. The van der Waals surface area contributed by atoms with Gasteiger partial charge >= 0.3 is 0 Å². The summed E-state index contributed by atoms with van der Waals surface area (Å²) in [6.07, 6.45) is 11.4. The van der Waals surface area contributed by atoms with Crippen molar-refractivity contribution in [2.24, 2.45) is 5.92 Å². The summed E-state index contributed by atoms with van der Waals surface area (Å²) in [6, 6.07) is 12.4. The molecule has 1 fully saturated rings. The lowest BCUT2D eigenvalue weighted by molar-refractivity contribution is 0.282. The van der Waals surface area contributed by atoms with E-state index in [4.69, 9.17) is 23.2 Å². The third-order valence-corrected chi connectivity index (χ3v) is 9.38. The molecule has 1 atom stereocenters. The fraction of sp³-hybridized carbons (Fsp3) is 0.444. The predicted octanol–water partition coefficient (Wildman–Crippen LogP) is 6.44. The Morgan fingerprint density at radius 3 is 2.54 bits per heavy atom. The Kier molecular flexibility index (Phi) is 11.2. The molecule has 1 aliphatic rings. The second-order valence-corrected chi connectivity index (χ2v) is 12.7. The maximum atomic E-state index is 13.6. The lowest BCUT2D eigenvalue weighted by atomic mass is 10.2. The lowest BCUT2D eigenvalue weighted by Gasteiger charge is -2.26. The van der Waals surface area contributed by atoms with Gasteiger partial charge < -0.3 is 9.67 Å².